The highest BCUT2D eigenvalue weighted by molar-refractivity contribution is 7.14. The molecule has 0 saturated carbocycles. The van der Waals surface area contributed by atoms with Gasteiger partial charge in [0.1, 0.15) is 4.88 Å². The Morgan fingerprint density at radius 2 is 1.39 bits per heavy atom. The molecule has 1 heterocycles. The lowest BCUT2D eigenvalue weighted by Gasteiger charge is -2.12. The maximum absolute atomic E-state index is 11.9. The molecule has 0 unspecified atom stereocenters. The SMILES string of the molecule is CCOC(=O)c1c(C(N)=O)sc2c1CCCC2.O=C(O)C(F)(F)F.O=C(O)C(F)(F)F. The molecule has 1 aromatic heterocycles. The number of hydrogen-bond acceptors (Lipinski definition) is 6. The summed E-state index contributed by atoms with van der Waals surface area (Å²) >= 11 is 1.35. The molecule has 2 rings (SSSR count). The summed E-state index contributed by atoms with van der Waals surface area (Å²) in [5.74, 6) is -6.46. The zero-order valence-corrected chi connectivity index (χ0v) is 16.5. The molecule has 15 heteroatoms. The largest absolute Gasteiger partial charge is 0.490 e. The van der Waals surface area contributed by atoms with E-state index in [1.807, 2.05) is 0 Å². The summed E-state index contributed by atoms with van der Waals surface area (Å²) in [5, 5.41) is 14.2. The number of hydrogen-bond donors (Lipinski definition) is 3. The van der Waals surface area contributed by atoms with Gasteiger partial charge >= 0.3 is 30.3 Å². The van der Waals surface area contributed by atoms with Gasteiger partial charge in [0.05, 0.1) is 12.2 Å². The molecule has 4 N–H and O–H groups in total. The fourth-order valence-electron chi connectivity index (χ4n) is 2.16. The van der Waals surface area contributed by atoms with Gasteiger partial charge in [-0.25, -0.2) is 14.4 Å². The number of aryl methyl sites for hydroxylation is 1. The number of halogens is 6. The van der Waals surface area contributed by atoms with Crippen LogP contribution in [0.4, 0.5) is 26.3 Å². The van der Waals surface area contributed by atoms with Crippen LogP contribution in [0.3, 0.4) is 0 Å². The lowest BCUT2D eigenvalue weighted by molar-refractivity contribution is -0.193. The van der Waals surface area contributed by atoms with Crippen LogP contribution >= 0.6 is 11.3 Å². The second kappa shape index (κ2) is 11.5. The number of esters is 1. The van der Waals surface area contributed by atoms with E-state index in [1.54, 1.807) is 6.92 Å². The average Bonchev–Trinajstić information content (AvgIpc) is 3.01. The number of primary amides is 1. The number of thiophene rings is 1. The van der Waals surface area contributed by atoms with Gasteiger partial charge < -0.3 is 20.7 Å². The average molecular weight is 481 g/mol. The highest BCUT2D eigenvalue weighted by Crippen LogP contribution is 2.34. The van der Waals surface area contributed by atoms with E-state index in [0.29, 0.717) is 17.0 Å². The van der Waals surface area contributed by atoms with Crippen molar-refractivity contribution in [3.05, 3.63) is 20.9 Å². The number of carbonyl (C=O) groups excluding carboxylic acids is 2. The summed E-state index contributed by atoms with van der Waals surface area (Å²) < 4.78 is 68.5. The zero-order chi connectivity index (χ0) is 24.6. The first-order chi connectivity index (χ1) is 14.0. The normalized spacial score (nSPS) is 12.9. The Hall–Kier alpha value is -2.84. The second-order valence-electron chi connectivity index (χ2n) is 5.61. The van der Waals surface area contributed by atoms with Crippen molar-refractivity contribution in [1.82, 2.24) is 0 Å². The number of carboxylic acids is 2. The summed E-state index contributed by atoms with van der Waals surface area (Å²) in [6, 6.07) is 0. The molecule has 0 aromatic carbocycles. The highest BCUT2D eigenvalue weighted by Gasteiger charge is 2.38. The lowest BCUT2D eigenvalue weighted by Crippen LogP contribution is -2.21. The molecule has 0 atom stereocenters. The maximum Gasteiger partial charge on any atom is 0.490 e. The molecule has 1 aliphatic carbocycles. The van der Waals surface area contributed by atoms with E-state index in [9.17, 15) is 35.9 Å². The van der Waals surface area contributed by atoms with Crippen molar-refractivity contribution in [1.29, 1.82) is 0 Å². The summed E-state index contributed by atoms with van der Waals surface area (Å²) in [4.78, 5) is 42.5. The lowest BCUT2D eigenvalue weighted by atomic mass is 9.95. The topological polar surface area (TPSA) is 144 Å². The Morgan fingerprint density at radius 1 is 0.968 bits per heavy atom. The van der Waals surface area contributed by atoms with E-state index >= 15 is 0 Å². The third-order valence-electron chi connectivity index (χ3n) is 3.36. The summed E-state index contributed by atoms with van der Waals surface area (Å²) in [6.07, 6.45) is -6.24. The summed E-state index contributed by atoms with van der Waals surface area (Å²) in [5.41, 5.74) is 6.72. The minimum atomic E-state index is -5.08. The molecule has 176 valence electrons. The quantitative estimate of drug-likeness (QED) is 0.444. The van der Waals surface area contributed by atoms with Crippen LogP contribution in [0.1, 0.15) is 50.2 Å². The molecule has 8 nitrogen and oxygen atoms in total. The van der Waals surface area contributed by atoms with Gasteiger partial charge in [0.15, 0.2) is 0 Å². The molecule has 1 aliphatic rings. The Balaban J connectivity index is 0.000000536. The summed E-state index contributed by atoms with van der Waals surface area (Å²) in [6.45, 7) is 2.06. The second-order valence-corrected chi connectivity index (χ2v) is 6.71. The van der Waals surface area contributed by atoms with E-state index in [1.165, 1.54) is 11.3 Å². The molecule has 0 aliphatic heterocycles. The smallest absolute Gasteiger partial charge is 0.475 e. The van der Waals surface area contributed by atoms with Gasteiger partial charge in [0.25, 0.3) is 5.91 Å². The fraction of sp³-hybridized carbons (Fsp3) is 0.500. The van der Waals surface area contributed by atoms with Crippen LogP contribution in [0, 0.1) is 0 Å². The molecular weight excluding hydrogens is 464 g/mol. The first-order valence-corrected chi connectivity index (χ1v) is 9.07. The molecule has 0 radical (unpaired) electrons. The first kappa shape index (κ1) is 28.2. The molecule has 1 amide bonds. The minimum Gasteiger partial charge on any atom is -0.475 e. The standard InChI is InChI=1S/C12H15NO3S.2C2HF3O2/c1-2-16-12(15)9-7-5-3-4-6-8(7)17-10(9)11(13)14;2*3-2(4,5)1(6)7/h2-6H2,1H3,(H2,13,14);2*(H,6,7). The van der Waals surface area contributed by atoms with Gasteiger partial charge in [-0.3, -0.25) is 4.79 Å². The molecule has 0 fully saturated rings. The molecule has 0 bridgehead atoms. The predicted octanol–water partition coefficient (Wildman–Crippen LogP) is 3.17. The van der Waals surface area contributed by atoms with Crippen LogP contribution in [0.25, 0.3) is 0 Å². The van der Waals surface area contributed by atoms with Gasteiger partial charge in [-0.05, 0) is 38.2 Å². The number of rotatable bonds is 3. The van der Waals surface area contributed by atoms with Crippen molar-refractivity contribution in [3.8, 4) is 0 Å². The van der Waals surface area contributed by atoms with Crippen LogP contribution < -0.4 is 5.73 Å². The number of fused-ring (bicyclic) bond motifs is 1. The number of alkyl halides is 6. The van der Waals surface area contributed by atoms with Crippen molar-refractivity contribution < 1.29 is 60.5 Å². The van der Waals surface area contributed by atoms with Crippen molar-refractivity contribution in [2.24, 2.45) is 5.73 Å². The Morgan fingerprint density at radius 3 is 1.74 bits per heavy atom. The predicted molar refractivity (Wildman–Crippen MR) is 92.8 cm³/mol. The van der Waals surface area contributed by atoms with Crippen molar-refractivity contribution >= 4 is 35.2 Å². The monoisotopic (exact) mass is 481 g/mol. The van der Waals surface area contributed by atoms with Crippen LogP contribution in [-0.4, -0.2) is 53.0 Å². The maximum atomic E-state index is 11.9. The van der Waals surface area contributed by atoms with E-state index in [2.05, 4.69) is 0 Å². The van der Waals surface area contributed by atoms with Gasteiger partial charge in [-0.15, -0.1) is 11.3 Å². The first-order valence-electron chi connectivity index (χ1n) is 8.25. The van der Waals surface area contributed by atoms with E-state index in [4.69, 9.17) is 30.3 Å². The Kier molecular flexibility index (Phi) is 10.5. The number of carboxylic acid groups (broad SMARTS) is 2. The molecule has 0 saturated heterocycles. The number of ether oxygens (including phenoxy) is 1. The number of carbonyl (C=O) groups is 4. The number of nitrogens with two attached hydrogens (primary N) is 1. The van der Waals surface area contributed by atoms with Crippen LogP contribution in [0.2, 0.25) is 0 Å². The van der Waals surface area contributed by atoms with Gasteiger partial charge in [0, 0.05) is 4.88 Å². The van der Waals surface area contributed by atoms with Gasteiger partial charge in [-0.2, -0.15) is 26.3 Å². The highest BCUT2D eigenvalue weighted by atomic mass is 32.1. The van der Waals surface area contributed by atoms with Gasteiger partial charge in [-0.1, -0.05) is 0 Å². The number of amides is 1. The Labute approximate surface area is 174 Å². The third kappa shape index (κ3) is 9.23. The van der Waals surface area contributed by atoms with Crippen molar-refractivity contribution in [2.75, 3.05) is 6.61 Å². The molecular formula is C16H17F6NO7S. The van der Waals surface area contributed by atoms with Crippen molar-refractivity contribution in [2.45, 2.75) is 45.0 Å². The molecule has 1 aromatic rings. The van der Waals surface area contributed by atoms with Crippen LogP contribution in [0.15, 0.2) is 0 Å². The van der Waals surface area contributed by atoms with E-state index in [0.717, 1.165) is 36.1 Å². The van der Waals surface area contributed by atoms with Crippen molar-refractivity contribution in [3.63, 3.8) is 0 Å². The minimum absolute atomic E-state index is 0.307. The van der Waals surface area contributed by atoms with E-state index in [-0.39, 0.29) is 0 Å². The number of aliphatic carboxylic acids is 2. The van der Waals surface area contributed by atoms with Crippen LogP contribution in [0.5, 0.6) is 0 Å². The fourth-order valence-corrected chi connectivity index (χ4v) is 3.39. The Bertz CT molecular complexity index is 793. The third-order valence-corrected chi connectivity index (χ3v) is 4.67. The van der Waals surface area contributed by atoms with Gasteiger partial charge in [0.2, 0.25) is 0 Å². The zero-order valence-electron chi connectivity index (χ0n) is 15.7. The van der Waals surface area contributed by atoms with E-state index < -0.39 is 36.2 Å². The summed E-state index contributed by atoms with van der Waals surface area (Å²) in [7, 11) is 0. The molecule has 0 spiro atoms. The molecule has 31 heavy (non-hydrogen) atoms. The van der Waals surface area contributed by atoms with Crippen LogP contribution in [-0.2, 0) is 27.2 Å².